The first-order chi connectivity index (χ1) is 16.3. The molecule has 0 aliphatic rings. The summed E-state index contributed by atoms with van der Waals surface area (Å²) in [6, 6.07) is 41.3. The van der Waals surface area contributed by atoms with E-state index in [4.69, 9.17) is 11.6 Å². The lowest BCUT2D eigenvalue weighted by atomic mass is 9.86. The molecule has 0 heterocycles. The van der Waals surface area contributed by atoms with Gasteiger partial charge in [-0.15, -0.1) is 0 Å². The van der Waals surface area contributed by atoms with Crippen LogP contribution in [0, 0.1) is 0 Å². The van der Waals surface area contributed by atoms with E-state index in [1.165, 1.54) is 65.0 Å². The Morgan fingerprint density at radius 1 is 0.333 bits per heavy atom. The van der Waals surface area contributed by atoms with Gasteiger partial charge in [0.25, 0.3) is 0 Å². The lowest BCUT2D eigenvalue weighted by Crippen LogP contribution is -1.89. The standard InChI is InChI=1S/C32H19Cl/c33-22-15-17-28-29(19-22)25-16-14-21(20-8-2-1-3-9-20)18-30(25)32-27-13-7-5-11-24(27)23-10-4-6-12-26(23)31(28)32/h1-19H. The number of halogens is 1. The molecule has 0 aliphatic heterocycles. The third-order valence-electron chi connectivity index (χ3n) is 6.87. The van der Waals surface area contributed by atoms with E-state index < -0.39 is 0 Å². The van der Waals surface area contributed by atoms with Gasteiger partial charge in [-0.1, -0.05) is 109 Å². The topological polar surface area (TPSA) is 0 Å². The van der Waals surface area contributed by atoms with Crippen LogP contribution in [-0.4, -0.2) is 0 Å². The van der Waals surface area contributed by atoms with Gasteiger partial charge in [-0.25, -0.2) is 0 Å². The van der Waals surface area contributed by atoms with Gasteiger partial charge < -0.3 is 0 Å². The number of fused-ring (bicyclic) bond motifs is 11. The van der Waals surface area contributed by atoms with Crippen molar-refractivity contribution in [3.8, 4) is 11.1 Å². The predicted molar refractivity (Wildman–Crippen MR) is 144 cm³/mol. The van der Waals surface area contributed by atoms with Crippen LogP contribution in [0.15, 0.2) is 115 Å². The molecule has 0 amide bonds. The molecule has 0 bridgehead atoms. The second kappa shape index (κ2) is 7.07. The molecule has 0 fully saturated rings. The summed E-state index contributed by atoms with van der Waals surface area (Å²) >= 11 is 6.51. The van der Waals surface area contributed by atoms with E-state index in [2.05, 4.69) is 109 Å². The first-order valence-corrected chi connectivity index (χ1v) is 11.6. The Morgan fingerprint density at radius 3 is 1.55 bits per heavy atom. The average molecular weight is 439 g/mol. The fraction of sp³-hybridized carbons (Fsp3) is 0. The van der Waals surface area contributed by atoms with Crippen LogP contribution in [-0.2, 0) is 0 Å². The van der Waals surface area contributed by atoms with Crippen LogP contribution in [0.3, 0.4) is 0 Å². The molecule has 7 aromatic rings. The molecule has 7 aromatic carbocycles. The van der Waals surface area contributed by atoms with Crippen molar-refractivity contribution in [2.45, 2.75) is 0 Å². The lowest BCUT2D eigenvalue weighted by Gasteiger charge is -2.17. The smallest absolute Gasteiger partial charge is 0.0412 e. The molecular formula is C32H19Cl. The van der Waals surface area contributed by atoms with E-state index in [0.29, 0.717) is 0 Å². The highest BCUT2D eigenvalue weighted by atomic mass is 35.5. The van der Waals surface area contributed by atoms with Crippen molar-refractivity contribution >= 4 is 65.5 Å². The van der Waals surface area contributed by atoms with E-state index >= 15 is 0 Å². The molecule has 0 nitrogen and oxygen atoms in total. The molecule has 0 saturated heterocycles. The Kier molecular flexibility index (Phi) is 4.00. The molecule has 154 valence electrons. The normalized spacial score (nSPS) is 11.8. The summed E-state index contributed by atoms with van der Waals surface area (Å²) in [7, 11) is 0. The molecule has 0 unspecified atom stereocenters. The first-order valence-electron chi connectivity index (χ1n) is 11.2. The zero-order valence-electron chi connectivity index (χ0n) is 17.8. The molecule has 0 N–H and O–H groups in total. The molecule has 0 saturated carbocycles. The van der Waals surface area contributed by atoms with Crippen LogP contribution in [0.4, 0.5) is 0 Å². The Bertz CT molecular complexity index is 1860. The maximum Gasteiger partial charge on any atom is 0.0412 e. The van der Waals surface area contributed by atoms with Crippen LogP contribution >= 0.6 is 11.6 Å². The Morgan fingerprint density at radius 2 is 0.848 bits per heavy atom. The zero-order chi connectivity index (χ0) is 21.9. The van der Waals surface area contributed by atoms with E-state index in [1.807, 2.05) is 6.07 Å². The van der Waals surface area contributed by atoms with Crippen LogP contribution in [0.25, 0.3) is 65.0 Å². The van der Waals surface area contributed by atoms with Crippen LogP contribution in [0.2, 0.25) is 5.02 Å². The van der Waals surface area contributed by atoms with Gasteiger partial charge >= 0.3 is 0 Å². The highest BCUT2D eigenvalue weighted by Gasteiger charge is 2.16. The van der Waals surface area contributed by atoms with Crippen molar-refractivity contribution in [2.75, 3.05) is 0 Å². The Hall–Kier alpha value is -3.87. The zero-order valence-corrected chi connectivity index (χ0v) is 18.6. The van der Waals surface area contributed by atoms with E-state index in [-0.39, 0.29) is 0 Å². The molecule has 33 heavy (non-hydrogen) atoms. The third kappa shape index (κ3) is 2.71. The number of hydrogen-bond donors (Lipinski definition) is 0. The van der Waals surface area contributed by atoms with Gasteiger partial charge in [-0.2, -0.15) is 0 Å². The van der Waals surface area contributed by atoms with Crippen molar-refractivity contribution in [1.29, 1.82) is 0 Å². The molecule has 1 heteroatoms. The first kappa shape index (κ1) is 18.7. The summed E-state index contributed by atoms with van der Waals surface area (Å²) in [6.07, 6.45) is 0. The second-order valence-corrected chi connectivity index (χ2v) is 9.09. The summed E-state index contributed by atoms with van der Waals surface area (Å²) in [5.41, 5.74) is 2.45. The lowest BCUT2D eigenvalue weighted by molar-refractivity contribution is 1.65. The minimum Gasteiger partial charge on any atom is -0.0843 e. The number of rotatable bonds is 1. The fourth-order valence-corrected chi connectivity index (χ4v) is 5.63. The average Bonchev–Trinajstić information content (AvgIpc) is 2.88. The minimum atomic E-state index is 0.764. The van der Waals surface area contributed by atoms with Crippen molar-refractivity contribution in [3.05, 3.63) is 120 Å². The van der Waals surface area contributed by atoms with Gasteiger partial charge in [-0.05, 0) is 83.2 Å². The maximum atomic E-state index is 6.51. The number of benzene rings is 7. The summed E-state index contributed by atoms with van der Waals surface area (Å²) in [6.45, 7) is 0. The quantitative estimate of drug-likeness (QED) is 0.224. The van der Waals surface area contributed by atoms with Gasteiger partial charge in [-0.3, -0.25) is 0 Å². The third-order valence-corrected chi connectivity index (χ3v) is 7.11. The van der Waals surface area contributed by atoms with Crippen LogP contribution in [0.1, 0.15) is 0 Å². The second-order valence-electron chi connectivity index (χ2n) is 8.66. The largest absolute Gasteiger partial charge is 0.0843 e. The van der Waals surface area contributed by atoms with E-state index in [1.54, 1.807) is 0 Å². The van der Waals surface area contributed by atoms with Crippen molar-refractivity contribution in [3.63, 3.8) is 0 Å². The van der Waals surface area contributed by atoms with Crippen LogP contribution in [0.5, 0.6) is 0 Å². The van der Waals surface area contributed by atoms with Gasteiger partial charge in [0.1, 0.15) is 0 Å². The summed E-state index contributed by atoms with van der Waals surface area (Å²) in [5.74, 6) is 0. The molecule has 0 radical (unpaired) electrons. The van der Waals surface area contributed by atoms with Crippen molar-refractivity contribution < 1.29 is 0 Å². The highest BCUT2D eigenvalue weighted by molar-refractivity contribution is 6.40. The summed E-state index contributed by atoms with van der Waals surface area (Å²) in [4.78, 5) is 0. The highest BCUT2D eigenvalue weighted by Crippen LogP contribution is 2.45. The fourth-order valence-electron chi connectivity index (χ4n) is 5.45. The van der Waals surface area contributed by atoms with Gasteiger partial charge in [0.2, 0.25) is 0 Å². The Labute approximate surface area is 196 Å². The molecule has 0 atom stereocenters. The van der Waals surface area contributed by atoms with Crippen molar-refractivity contribution in [2.24, 2.45) is 0 Å². The van der Waals surface area contributed by atoms with Crippen LogP contribution < -0.4 is 0 Å². The summed E-state index contributed by atoms with van der Waals surface area (Å²) in [5, 5.41) is 13.5. The van der Waals surface area contributed by atoms with E-state index in [9.17, 15) is 0 Å². The van der Waals surface area contributed by atoms with Gasteiger partial charge in [0.15, 0.2) is 0 Å². The summed E-state index contributed by atoms with van der Waals surface area (Å²) < 4.78 is 0. The molecule has 0 aromatic heterocycles. The molecular weight excluding hydrogens is 420 g/mol. The number of hydrogen-bond acceptors (Lipinski definition) is 0. The maximum absolute atomic E-state index is 6.51. The van der Waals surface area contributed by atoms with Crippen molar-refractivity contribution in [1.82, 2.24) is 0 Å². The SMILES string of the molecule is Clc1ccc2c(c1)c1ccc(-c3ccccc3)cc1c1c3ccccc3c3ccccc3c21. The molecule has 0 aliphatic carbocycles. The Balaban J connectivity index is 1.82. The monoisotopic (exact) mass is 438 g/mol. The minimum absolute atomic E-state index is 0.764. The van der Waals surface area contributed by atoms with Gasteiger partial charge in [0, 0.05) is 5.02 Å². The molecule has 0 spiro atoms. The molecule has 7 rings (SSSR count). The van der Waals surface area contributed by atoms with E-state index in [0.717, 1.165) is 5.02 Å². The predicted octanol–water partition coefficient (Wildman–Crippen LogP) is 9.77. The van der Waals surface area contributed by atoms with Gasteiger partial charge in [0.05, 0.1) is 0 Å².